The molecule has 30 heavy (non-hydrogen) atoms. The lowest BCUT2D eigenvalue weighted by Crippen LogP contribution is -2.10. The number of nitriles is 1. The van der Waals surface area contributed by atoms with Crippen molar-refractivity contribution in [3.05, 3.63) is 71.1 Å². The predicted octanol–water partition coefficient (Wildman–Crippen LogP) is 5.93. The Hall–Kier alpha value is -3.78. The van der Waals surface area contributed by atoms with E-state index in [1.807, 2.05) is 50.2 Å². The first-order valence-corrected chi connectivity index (χ1v) is 9.93. The zero-order chi connectivity index (χ0) is 21.3. The fourth-order valence-electron chi connectivity index (χ4n) is 3.76. The highest BCUT2D eigenvalue weighted by Crippen LogP contribution is 2.31. The molecule has 0 fully saturated rings. The summed E-state index contributed by atoms with van der Waals surface area (Å²) in [5.41, 5.74) is 4.44. The minimum atomic E-state index is -0.676. The van der Waals surface area contributed by atoms with Crippen molar-refractivity contribution >= 4 is 34.0 Å². The zero-order valence-corrected chi connectivity index (χ0v) is 17.2. The SMILES string of the molecule is CCCn1c(C)cc(C=C(C#N)C(=O)Oc2ccc3oc4ccccc4c3c2)c1C. The van der Waals surface area contributed by atoms with Crippen molar-refractivity contribution in [2.75, 3.05) is 0 Å². The summed E-state index contributed by atoms with van der Waals surface area (Å²) in [7, 11) is 0. The summed E-state index contributed by atoms with van der Waals surface area (Å²) in [5, 5.41) is 11.4. The first kappa shape index (κ1) is 19.5. The molecule has 0 saturated carbocycles. The van der Waals surface area contributed by atoms with Gasteiger partial charge in [-0.25, -0.2) is 4.79 Å². The van der Waals surface area contributed by atoms with Crippen LogP contribution in [0.5, 0.6) is 5.75 Å². The third-order valence-corrected chi connectivity index (χ3v) is 5.26. The molecule has 0 aliphatic carbocycles. The lowest BCUT2D eigenvalue weighted by Gasteiger charge is -2.07. The van der Waals surface area contributed by atoms with E-state index < -0.39 is 5.97 Å². The number of fused-ring (bicyclic) bond motifs is 3. The van der Waals surface area contributed by atoms with E-state index in [2.05, 4.69) is 11.5 Å². The van der Waals surface area contributed by atoms with Gasteiger partial charge in [0.15, 0.2) is 0 Å². The van der Waals surface area contributed by atoms with E-state index in [4.69, 9.17) is 9.15 Å². The number of hydrogen-bond donors (Lipinski definition) is 0. The first-order chi connectivity index (χ1) is 14.5. The minimum Gasteiger partial charge on any atom is -0.456 e. The Bertz CT molecular complexity index is 1330. The number of carbonyl (C=O) groups excluding carboxylic acids is 1. The quantitative estimate of drug-likeness (QED) is 0.181. The van der Waals surface area contributed by atoms with Crippen LogP contribution in [0.3, 0.4) is 0 Å². The largest absolute Gasteiger partial charge is 0.456 e. The highest BCUT2D eigenvalue weighted by Gasteiger charge is 2.16. The number of furan rings is 1. The van der Waals surface area contributed by atoms with Crippen molar-refractivity contribution < 1.29 is 13.9 Å². The monoisotopic (exact) mass is 398 g/mol. The Labute approximate surface area is 174 Å². The lowest BCUT2D eigenvalue weighted by atomic mass is 10.1. The summed E-state index contributed by atoms with van der Waals surface area (Å²) in [6.07, 6.45) is 2.61. The van der Waals surface area contributed by atoms with E-state index in [9.17, 15) is 10.1 Å². The van der Waals surface area contributed by atoms with Crippen LogP contribution in [0.15, 0.2) is 58.5 Å². The normalized spacial score (nSPS) is 11.7. The summed E-state index contributed by atoms with van der Waals surface area (Å²) >= 11 is 0. The maximum absolute atomic E-state index is 12.7. The minimum absolute atomic E-state index is 0.0381. The van der Waals surface area contributed by atoms with Crippen molar-refractivity contribution in [1.29, 1.82) is 5.26 Å². The topological polar surface area (TPSA) is 68.2 Å². The van der Waals surface area contributed by atoms with Crippen LogP contribution in [0.2, 0.25) is 0 Å². The third-order valence-electron chi connectivity index (χ3n) is 5.26. The van der Waals surface area contributed by atoms with Gasteiger partial charge in [0.25, 0.3) is 0 Å². The molecule has 0 N–H and O–H groups in total. The van der Waals surface area contributed by atoms with Crippen LogP contribution in [0, 0.1) is 25.2 Å². The Morgan fingerprint density at radius 1 is 1.13 bits per heavy atom. The number of aryl methyl sites for hydroxylation is 1. The van der Waals surface area contributed by atoms with Gasteiger partial charge in [0.2, 0.25) is 0 Å². The summed E-state index contributed by atoms with van der Waals surface area (Å²) in [6.45, 7) is 7.03. The molecule has 2 aromatic carbocycles. The third kappa shape index (κ3) is 3.48. The number of nitrogens with zero attached hydrogens (tertiary/aromatic N) is 2. The summed E-state index contributed by atoms with van der Waals surface area (Å²) < 4.78 is 13.5. The van der Waals surface area contributed by atoms with E-state index in [1.165, 1.54) is 0 Å². The lowest BCUT2D eigenvalue weighted by molar-refractivity contribution is -0.129. The van der Waals surface area contributed by atoms with E-state index in [-0.39, 0.29) is 5.57 Å². The fourth-order valence-corrected chi connectivity index (χ4v) is 3.76. The summed E-state index contributed by atoms with van der Waals surface area (Å²) in [6, 6.07) is 16.9. The molecule has 0 amide bonds. The molecule has 0 atom stereocenters. The van der Waals surface area contributed by atoms with Gasteiger partial charge in [0.05, 0.1) is 0 Å². The number of benzene rings is 2. The number of ether oxygens (including phenoxy) is 1. The van der Waals surface area contributed by atoms with Crippen LogP contribution in [0.4, 0.5) is 0 Å². The average molecular weight is 398 g/mol. The summed E-state index contributed by atoms with van der Waals surface area (Å²) in [5.74, 6) is -0.304. The Morgan fingerprint density at radius 2 is 1.90 bits per heavy atom. The van der Waals surface area contributed by atoms with Gasteiger partial charge in [-0.3, -0.25) is 0 Å². The molecule has 0 unspecified atom stereocenters. The second-order valence-corrected chi connectivity index (χ2v) is 7.29. The van der Waals surface area contributed by atoms with E-state index in [1.54, 1.807) is 24.3 Å². The second-order valence-electron chi connectivity index (χ2n) is 7.29. The molecular weight excluding hydrogens is 376 g/mol. The number of aromatic nitrogens is 1. The molecule has 0 bridgehead atoms. The number of hydrogen-bond acceptors (Lipinski definition) is 4. The number of rotatable bonds is 5. The Balaban J connectivity index is 1.64. The van der Waals surface area contributed by atoms with Gasteiger partial charge in [0.1, 0.15) is 28.6 Å². The number of para-hydroxylation sites is 1. The van der Waals surface area contributed by atoms with Crippen LogP contribution in [-0.4, -0.2) is 10.5 Å². The highest BCUT2D eigenvalue weighted by atomic mass is 16.5. The van der Waals surface area contributed by atoms with Crippen LogP contribution < -0.4 is 4.74 Å². The number of esters is 1. The first-order valence-electron chi connectivity index (χ1n) is 9.93. The molecule has 150 valence electrons. The van der Waals surface area contributed by atoms with Gasteiger partial charge < -0.3 is 13.7 Å². The molecule has 0 aliphatic rings. The molecule has 5 nitrogen and oxygen atoms in total. The average Bonchev–Trinajstić information content (AvgIpc) is 3.24. The Kier molecular flexibility index (Phi) is 5.16. The molecule has 5 heteroatoms. The van der Waals surface area contributed by atoms with Gasteiger partial charge in [-0.1, -0.05) is 25.1 Å². The molecule has 0 spiro atoms. The molecule has 0 saturated heterocycles. The van der Waals surface area contributed by atoms with Gasteiger partial charge >= 0.3 is 5.97 Å². The van der Waals surface area contributed by atoms with E-state index >= 15 is 0 Å². The van der Waals surface area contributed by atoms with E-state index in [0.29, 0.717) is 5.75 Å². The molecule has 4 aromatic rings. The summed E-state index contributed by atoms with van der Waals surface area (Å²) in [4.78, 5) is 12.7. The van der Waals surface area contributed by atoms with Crippen molar-refractivity contribution in [3.63, 3.8) is 0 Å². The molecular formula is C25H22N2O3. The van der Waals surface area contributed by atoms with Gasteiger partial charge in [-0.15, -0.1) is 0 Å². The highest BCUT2D eigenvalue weighted by molar-refractivity contribution is 6.06. The zero-order valence-electron chi connectivity index (χ0n) is 17.2. The maximum atomic E-state index is 12.7. The van der Waals surface area contributed by atoms with Crippen LogP contribution in [0.1, 0.15) is 30.3 Å². The van der Waals surface area contributed by atoms with Crippen molar-refractivity contribution in [1.82, 2.24) is 4.57 Å². The fraction of sp³-hybridized carbons (Fsp3) is 0.200. The van der Waals surface area contributed by atoms with Crippen LogP contribution in [0.25, 0.3) is 28.0 Å². The smallest absolute Gasteiger partial charge is 0.354 e. The van der Waals surface area contributed by atoms with Crippen molar-refractivity contribution in [3.8, 4) is 11.8 Å². The number of carbonyl (C=O) groups is 1. The molecule has 2 heterocycles. The van der Waals surface area contributed by atoms with Crippen LogP contribution in [-0.2, 0) is 11.3 Å². The molecule has 2 aromatic heterocycles. The van der Waals surface area contributed by atoms with Gasteiger partial charge in [0, 0.05) is 28.7 Å². The van der Waals surface area contributed by atoms with Crippen molar-refractivity contribution in [2.24, 2.45) is 0 Å². The maximum Gasteiger partial charge on any atom is 0.354 e. The van der Waals surface area contributed by atoms with Gasteiger partial charge in [-0.2, -0.15) is 5.26 Å². The van der Waals surface area contributed by atoms with E-state index in [0.717, 1.165) is 51.9 Å². The van der Waals surface area contributed by atoms with Gasteiger partial charge in [-0.05, 0) is 62.2 Å². The van der Waals surface area contributed by atoms with Crippen molar-refractivity contribution in [2.45, 2.75) is 33.7 Å². The molecule has 0 aliphatic heterocycles. The molecule has 4 rings (SSSR count). The standard InChI is InChI=1S/C25H22N2O3/c1-4-11-27-16(2)12-18(17(27)3)13-19(15-26)25(28)29-20-9-10-24-22(14-20)21-7-5-6-8-23(21)30-24/h5-10,12-14H,4,11H2,1-3H3. The Morgan fingerprint density at radius 3 is 2.67 bits per heavy atom. The predicted molar refractivity (Wildman–Crippen MR) is 117 cm³/mol. The van der Waals surface area contributed by atoms with Crippen LogP contribution >= 0.6 is 0 Å². The molecule has 0 radical (unpaired) electrons. The second kappa shape index (κ2) is 7.92.